The van der Waals surface area contributed by atoms with Crippen molar-refractivity contribution in [3.05, 3.63) is 39.9 Å². The van der Waals surface area contributed by atoms with Crippen LogP contribution in [0.2, 0.25) is 0 Å². The fourth-order valence-corrected chi connectivity index (χ4v) is 6.07. The molecule has 1 N–H and O–H groups in total. The van der Waals surface area contributed by atoms with E-state index >= 15 is 0 Å². The monoisotopic (exact) mass is 399 g/mol. The van der Waals surface area contributed by atoms with Crippen LogP contribution in [0.15, 0.2) is 39.2 Å². The van der Waals surface area contributed by atoms with Crippen molar-refractivity contribution in [2.45, 2.75) is 17.2 Å². The van der Waals surface area contributed by atoms with Gasteiger partial charge in [-0.05, 0) is 29.8 Å². The number of piperazine rings is 1. The van der Waals surface area contributed by atoms with Gasteiger partial charge in [-0.15, -0.1) is 22.7 Å². The lowest BCUT2D eigenvalue weighted by Gasteiger charge is -2.33. The minimum atomic E-state index is -3.39. The van der Waals surface area contributed by atoms with Gasteiger partial charge in [0.05, 0.1) is 12.6 Å². The maximum atomic E-state index is 12.5. The molecular weight excluding hydrogens is 378 g/mol. The second kappa shape index (κ2) is 7.96. The number of hydrogen-bond acceptors (Lipinski definition) is 6. The van der Waals surface area contributed by atoms with Gasteiger partial charge in [-0.3, -0.25) is 9.69 Å². The summed E-state index contributed by atoms with van der Waals surface area (Å²) in [6, 6.07) is 7.34. The Morgan fingerprint density at radius 1 is 1.16 bits per heavy atom. The van der Waals surface area contributed by atoms with Crippen LogP contribution in [0.5, 0.6) is 0 Å². The highest BCUT2D eigenvalue weighted by molar-refractivity contribution is 7.91. The van der Waals surface area contributed by atoms with Gasteiger partial charge >= 0.3 is 0 Å². The summed E-state index contributed by atoms with van der Waals surface area (Å²) in [4.78, 5) is 15.3. The van der Waals surface area contributed by atoms with Crippen molar-refractivity contribution in [2.24, 2.45) is 0 Å². The zero-order valence-electron chi connectivity index (χ0n) is 13.9. The second-order valence-corrected chi connectivity index (χ2v) is 10.0. The van der Waals surface area contributed by atoms with E-state index in [0.717, 1.165) is 4.88 Å². The molecule has 1 amide bonds. The number of amides is 1. The predicted octanol–water partition coefficient (Wildman–Crippen LogP) is 1.99. The Bertz CT molecular complexity index is 780. The zero-order chi connectivity index (χ0) is 17.9. The number of rotatable bonds is 6. The molecule has 1 aliphatic heterocycles. The zero-order valence-corrected chi connectivity index (χ0v) is 16.4. The summed E-state index contributed by atoms with van der Waals surface area (Å²) >= 11 is 2.85. The van der Waals surface area contributed by atoms with E-state index < -0.39 is 10.0 Å². The average molecular weight is 400 g/mol. The highest BCUT2D eigenvalue weighted by atomic mass is 32.2. The van der Waals surface area contributed by atoms with Crippen molar-refractivity contribution in [3.8, 4) is 0 Å². The highest BCUT2D eigenvalue weighted by Crippen LogP contribution is 2.22. The Morgan fingerprint density at radius 3 is 2.44 bits per heavy atom. The third kappa shape index (κ3) is 4.48. The first-order valence-electron chi connectivity index (χ1n) is 8.05. The summed E-state index contributed by atoms with van der Waals surface area (Å²) < 4.78 is 26.9. The fourth-order valence-electron chi connectivity index (χ4n) is 2.76. The molecule has 1 saturated heterocycles. The maximum absolute atomic E-state index is 12.5. The smallest absolute Gasteiger partial charge is 0.252 e. The molecule has 0 aromatic carbocycles. The Morgan fingerprint density at radius 2 is 1.84 bits per heavy atom. The third-order valence-corrected chi connectivity index (χ3v) is 8.46. The molecule has 1 atom stereocenters. The molecule has 3 heterocycles. The van der Waals surface area contributed by atoms with Crippen LogP contribution < -0.4 is 5.32 Å². The Balaban J connectivity index is 1.48. The molecule has 0 spiro atoms. The molecule has 9 heteroatoms. The quantitative estimate of drug-likeness (QED) is 0.807. The molecule has 2 aromatic rings. The van der Waals surface area contributed by atoms with Crippen molar-refractivity contribution in [2.75, 3.05) is 32.7 Å². The normalized spacial score (nSPS) is 18.1. The van der Waals surface area contributed by atoms with E-state index in [1.807, 2.05) is 29.3 Å². The van der Waals surface area contributed by atoms with Gasteiger partial charge in [-0.25, -0.2) is 8.42 Å². The van der Waals surface area contributed by atoms with E-state index in [2.05, 4.69) is 5.32 Å². The SMILES string of the molecule is C[C@H](NC(=O)CN1CCN(S(=O)(=O)c2cccs2)CC1)c1cccs1. The van der Waals surface area contributed by atoms with Gasteiger partial charge in [-0.2, -0.15) is 4.31 Å². The molecular formula is C16H21N3O3S3. The molecule has 1 aliphatic rings. The number of carbonyl (C=O) groups is 1. The molecule has 0 unspecified atom stereocenters. The molecule has 0 bridgehead atoms. The number of hydrogen-bond donors (Lipinski definition) is 1. The van der Waals surface area contributed by atoms with E-state index in [1.54, 1.807) is 28.8 Å². The van der Waals surface area contributed by atoms with Crippen LogP contribution in [-0.4, -0.2) is 56.3 Å². The van der Waals surface area contributed by atoms with Crippen LogP contribution in [0, 0.1) is 0 Å². The molecule has 0 saturated carbocycles. The summed E-state index contributed by atoms with van der Waals surface area (Å²) in [5, 5.41) is 6.75. The van der Waals surface area contributed by atoms with Gasteiger partial charge < -0.3 is 5.32 Å². The second-order valence-electron chi connectivity index (χ2n) is 5.92. The van der Waals surface area contributed by atoms with Gasteiger partial charge in [0.25, 0.3) is 10.0 Å². The number of nitrogens with one attached hydrogen (secondary N) is 1. The molecule has 1 fully saturated rings. The molecule has 0 radical (unpaired) electrons. The van der Waals surface area contributed by atoms with Gasteiger partial charge in [0, 0.05) is 31.1 Å². The lowest BCUT2D eigenvalue weighted by molar-refractivity contribution is -0.123. The largest absolute Gasteiger partial charge is 0.348 e. The van der Waals surface area contributed by atoms with E-state index in [1.165, 1.54) is 15.6 Å². The Kier molecular flexibility index (Phi) is 5.90. The van der Waals surface area contributed by atoms with Crippen LogP contribution in [0.25, 0.3) is 0 Å². The van der Waals surface area contributed by atoms with Crippen LogP contribution in [0.3, 0.4) is 0 Å². The summed E-state index contributed by atoms with van der Waals surface area (Å²) in [5.74, 6) is -0.0320. The summed E-state index contributed by atoms with van der Waals surface area (Å²) in [6.45, 7) is 4.21. The van der Waals surface area contributed by atoms with E-state index in [9.17, 15) is 13.2 Å². The van der Waals surface area contributed by atoms with Crippen LogP contribution in [0.4, 0.5) is 0 Å². The fraction of sp³-hybridized carbons (Fsp3) is 0.438. The number of thiophene rings is 2. The first kappa shape index (κ1) is 18.5. The third-order valence-electron chi connectivity index (χ3n) is 4.14. The molecule has 6 nitrogen and oxygen atoms in total. The Hall–Kier alpha value is -1.26. The van der Waals surface area contributed by atoms with Gasteiger partial charge in [0.2, 0.25) is 5.91 Å². The minimum absolute atomic E-state index is 0.00649. The summed E-state index contributed by atoms with van der Waals surface area (Å²) in [6.07, 6.45) is 0. The molecule has 0 aliphatic carbocycles. The summed E-state index contributed by atoms with van der Waals surface area (Å²) in [7, 11) is -3.39. The summed E-state index contributed by atoms with van der Waals surface area (Å²) in [5.41, 5.74) is 0. The topological polar surface area (TPSA) is 69.7 Å². The standard InChI is InChI=1S/C16H21N3O3S3/c1-13(14-4-2-10-23-14)17-15(20)12-18-6-8-19(9-7-18)25(21,22)16-5-3-11-24-16/h2-5,10-11,13H,6-9,12H2,1H3,(H,17,20)/t13-/m0/s1. The average Bonchev–Trinajstić information content (AvgIpc) is 3.29. The first-order valence-corrected chi connectivity index (χ1v) is 11.3. The van der Waals surface area contributed by atoms with Crippen molar-refractivity contribution < 1.29 is 13.2 Å². The van der Waals surface area contributed by atoms with Crippen molar-refractivity contribution in [1.29, 1.82) is 0 Å². The lowest BCUT2D eigenvalue weighted by Crippen LogP contribution is -2.51. The van der Waals surface area contributed by atoms with Gasteiger partial charge in [0.15, 0.2) is 0 Å². The Labute approximate surface area is 156 Å². The molecule has 3 rings (SSSR count). The van der Waals surface area contributed by atoms with Gasteiger partial charge in [0.1, 0.15) is 4.21 Å². The maximum Gasteiger partial charge on any atom is 0.252 e. The molecule has 25 heavy (non-hydrogen) atoms. The number of carbonyl (C=O) groups excluding carboxylic acids is 1. The van der Waals surface area contributed by atoms with Crippen molar-refractivity contribution in [3.63, 3.8) is 0 Å². The van der Waals surface area contributed by atoms with Crippen LogP contribution >= 0.6 is 22.7 Å². The minimum Gasteiger partial charge on any atom is -0.348 e. The van der Waals surface area contributed by atoms with Crippen molar-refractivity contribution >= 4 is 38.6 Å². The lowest BCUT2D eigenvalue weighted by atomic mass is 10.2. The molecule has 136 valence electrons. The van der Waals surface area contributed by atoms with E-state index in [4.69, 9.17) is 0 Å². The van der Waals surface area contributed by atoms with Crippen molar-refractivity contribution in [1.82, 2.24) is 14.5 Å². The van der Waals surface area contributed by atoms with Crippen LogP contribution in [-0.2, 0) is 14.8 Å². The van der Waals surface area contributed by atoms with E-state index in [-0.39, 0.29) is 11.9 Å². The predicted molar refractivity (Wildman–Crippen MR) is 100 cm³/mol. The number of nitrogens with zero attached hydrogens (tertiary/aromatic N) is 2. The van der Waals surface area contributed by atoms with E-state index in [0.29, 0.717) is 36.9 Å². The first-order chi connectivity index (χ1) is 12.0. The highest BCUT2D eigenvalue weighted by Gasteiger charge is 2.29. The van der Waals surface area contributed by atoms with Crippen LogP contribution in [0.1, 0.15) is 17.8 Å². The number of sulfonamides is 1. The van der Waals surface area contributed by atoms with Gasteiger partial charge in [-0.1, -0.05) is 12.1 Å². The molecule has 2 aromatic heterocycles.